The van der Waals surface area contributed by atoms with E-state index >= 15 is 0 Å². The minimum absolute atomic E-state index is 0.0352. The van der Waals surface area contributed by atoms with Crippen molar-refractivity contribution in [2.45, 2.75) is 12.8 Å². The molecule has 3 rings (SSSR count). The summed E-state index contributed by atoms with van der Waals surface area (Å²) >= 11 is 0. The SMILES string of the molecule is O=C(O)CCc1ccc(-n2cccc(-c3ccc([N+](=O)[O-])cc3)c2=O)cc1. The van der Waals surface area contributed by atoms with Gasteiger partial charge < -0.3 is 5.11 Å². The maximum absolute atomic E-state index is 12.8. The molecule has 0 saturated carbocycles. The lowest BCUT2D eigenvalue weighted by molar-refractivity contribution is -0.384. The van der Waals surface area contributed by atoms with Crippen LogP contribution in [0.3, 0.4) is 0 Å². The normalized spacial score (nSPS) is 10.5. The molecule has 0 fully saturated rings. The van der Waals surface area contributed by atoms with Crippen LogP contribution in [0.4, 0.5) is 5.69 Å². The minimum atomic E-state index is -0.855. The second kappa shape index (κ2) is 7.65. The average Bonchev–Trinajstić information content (AvgIpc) is 2.67. The zero-order chi connectivity index (χ0) is 19.4. The van der Waals surface area contributed by atoms with Crippen molar-refractivity contribution in [3.63, 3.8) is 0 Å². The van der Waals surface area contributed by atoms with Gasteiger partial charge in [-0.1, -0.05) is 12.1 Å². The van der Waals surface area contributed by atoms with E-state index in [2.05, 4.69) is 0 Å². The van der Waals surface area contributed by atoms with Gasteiger partial charge in [0, 0.05) is 36.0 Å². The number of pyridine rings is 1. The van der Waals surface area contributed by atoms with Gasteiger partial charge in [0.2, 0.25) is 0 Å². The third-order valence-electron chi connectivity index (χ3n) is 4.18. The minimum Gasteiger partial charge on any atom is -0.481 e. The summed E-state index contributed by atoms with van der Waals surface area (Å²) in [4.78, 5) is 33.8. The highest BCUT2D eigenvalue weighted by Gasteiger charge is 2.10. The molecule has 3 aromatic rings. The van der Waals surface area contributed by atoms with Crippen molar-refractivity contribution >= 4 is 11.7 Å². The summed E-state index contributed by atoms with van der Waals surface area (Å²) in [6.45, 7) is 0. The van der Waals surface area contributed by atoms with Gasteiger partial charge in [0.25, 0.3) is 11.2 Å². The van der Waals surface area contributed by atoms with E-state index in [-0.39, 0.29) is 17.7 Å². The second-order valence-corrected chi connectivity index (χ2v) is 5.96. The number of hydrogen-bond acceptors (Lipinski definition) is 4. The zero-order valence-corrected chi connectivity index (χ0v) is 14.2. The third kappa shape index (κ3) is 4.09. The first kappa shape index (κ1) is 18.1. The standard InChI is InChI=1S/C20H16N2O5/c23-19(24)12-5-14-3-8-16(9-4-14)21-13-1-2-18(20(21)25)15-6-10-17(11-7-15)22(26)27/h1-4,6-11,13H,5,12H2,(H,23,24). The van der Waals surface area contributed by atoms with Crippen molar-refractivity contribution in [2.75, 3.05) is 0 Å². The smallest absolute Gasteiger partial charge is 0.303 e. The first-order valence-corrected chi connectivity index (χ1v) is 8.23. The first-order valence-electron chi connectivity index (χ1n) is 8.23. The maximum atomic E-state index is 12.8. The molecular weight excluding hydrogens is 348 g/mol. The molecule has 0 saturated heterocycles. The van der Waals surface area contributed by atoms with E-state index < -0.39 is 10.9 Å². The van der Waals surface area contributed by atoms with Crippen LogP contribution in [0, 0.1) is 10.1 Å². The van der Waals surface area contributed by atoms with Crippen molar-refractivity contribution in [1.82, 2.24) is 4.57 Å². The van der Waals surface area contributed by atoms with Crippen molar-refractivity contribution in [2.24, 2.45) is 0 Å². The van der Waals surface area contributed by atoms with Gasteiger partial charge in [0.15, 0.2) is 0 Å². The van der Waals surface area contributed by atoms with Crippen LogP contribution in [0.2, 0.25) is 0 Å². The molecule has 0 radical (unpaired) electrons. The Kier molecular flexibility index (Phi) is 5.12. The number of carboxylic acid groups (broad SMARTS) is 1. The number of non-ortho nitro benzene ring substituents is 1. The van der Waals surface area contributed by atoms with Crippen LogP contribution in [-0.4, -0.2) is 20.6 Å². The van der Waals surface area contributed by atoms with E-state index in [0.717, 1.165) is 5.56 Å². The van der Waals surface area contributed by atoms with E-state index in [0.29, 0.717) is 23.2 Å². The molecule has 27 heavy (non-hydrogen) atoms. The van der Waals surface area contributed by atoms with Crippen LogP contribution in [0.25, 0.3) is 16.8 Å². The van der Waals surface area contributed by atoms with Gasteiger partial charge in [-0.3, -0.25) is 24.3 Å². The number of nitro groups is 1. The van der Waals surface area contributed by atoms with Crippen LogP contribution >= 0.6 is 0 Å². The maximum Gasteiger partial charge on any atom is 0.303 e. The Balaban J connectivity index is 1.92. The quantitative estimate of drug-likeness (QED) is 0.533. The van der Waals surface area contributed by atoms with Crippen molar-refractivity contribution in [1.29, 1.82) is 0 Å². The molecule has 1 aromatic heterocycles. The molecule has 0 aliphatic carbocycles. The average molecular weight is 364 g/mol. The Morgan fingerprint density at radius 3 is 2.30 bits per heavy atom. The van der Waals surface area contributed by atoms with Crippen molar-refractivity contribution < 1.29 is 14.8 Å². The Morgan fingerprint density at radius 2 is 1.70 bits per heavy atom. The summed E-state index contributed by atoms with van der Waals surface area (Å²) < 4.78 is 1.48. The monoisotopic (exact) mass is 364 g/mol. The highest BCUT2D eigenvalue weighted by atomic mass is 16.6. The Bertz CT molecular complexity index is 1040. The summed E-state index contributed by atoms with van der Waals surface area (Å²) in [6, 6.07) is 16.3. The van der Waals surface area contributed by atoms with E-state index in [1.165, 1.54) is 16.7 Å². The molecule has 0 spiro atoms. The number of rotatable bonds is 6. The van der Waals surface area contributed by atoms with E-state index in [1.54, 1.807) is 54.7 Å². The number of aliphatic carboxylic acids is 1. The zero-order valence-electron chi connectivity index (χ0n) is 14.2. The van der Waals surface area contributed by atoms with Crippen LogP contribution in [0.5, 0.6) is 0 Å². The summed E-state index contributed by atoms with van der Waals surface area (Å²) in [5, 5.41) is 19.5. The topological polar surface area (TPSA) is 102 Å². The molecule has 7 heteroatoms. The lowest BCUT2D eigenvalue weighted by atomic mass is 10.1. The van der Waals surface area contributed by atoms with Crippen LogP contribution < -0.4 is 5.56 Å². The molecule has 136 valence electrons. The molecule has 1 heterocycles. The Hall–Kier alpha value is -3.74. The molecule has 0 atom stereocenters. The molecule has 0 amide bonds. The van der Waals surface area contributed by atoms with Crippen molar-refractivity contribution in [3.05, 3.63) is 92.9 Å². The fraction of sp³-hybridized carbons (Fsp3) is 0.100. The fourth-order valence-electron chi connectivity index (χ4n) is 2.75. The predicted molar refractivity (Wildman–Crippen MR) is 100 cm³/mol. The Morgan fingerprint density at radius 1 is 1.04 bits per heavy atom. The molecule has 7 nitrogen and oxygen atoms in total. The summed E-state index contributed by atoms with van der Waals surface area (Å²) in [7, 11) is 0. The lowest BCUT2D eigenvalue weighted by Gasteiger charge is -2.09. The van der Waals surface area contributed by atoms with E-state index in [4.69, 9.17) is 5.11 Å². The number of nitrogens with zero attached hydrogens (tertiary/aromatic N) is 2. The molecular formula is C20H16N2O5. The van der Waals surface area contributed by atoms with Gasteiger partial charge in [0.05, 0.1) is 4.92 Å². The fourth-order valence-corrected chi connectivity index (χ4v) is 2.75. The highest BCUT2D eigenvalue weighted by Crippen LogP contribution is 2.20. The second-order valence-electron chi connectivity index (χ2n) is 5.96. The highest BCUT2D eigenvalue weighted by molar-refractivity contribution is 5.67. The number of benzene rings is 2. The van der Waals surface area contributed by atoms with Gasteiger partial charge in [-0.2, -0.15) is 0 Å². The predicted octanol–water partition coefficient (Wildman–Crippen LogP) is 3.43. The number of carbonyl (C=O) groups is 1. The van der Waals surface area contributed by atoms with Gasteiger partial charge in [-0.05, 0) is 53.9 Å². The lowest BCUT2D eigenvalue weighted by Crippen LogP contribution is -2.19. The molecule has 0 aliphatic rings. The number of nitro benzene ring substituents is 1. The first-order chi connectivity index (χ1) is 13.0. The van der Waals surface area contributed by atoms with Crippen LogP contribution in [-0.2, 0) is 11.2 Å². The van der Waals surface area contributed by atoms with Gasteiger partial charge >= 0.3 is 5.97 Å². The van der Waals surface area contributed by atoms with Crippen molar-refractivity contribution in [3.8, 4) is 16.8 Å². The molecule has 1 N–H and O–H groups in total. The van der Waals surface area contributed by atoms with E-state index in [9.17, 15) is 19.7 Å². The molecule has 2 aromatic carbocycles. The summed E-state index contributed by atoms with van der Waals surface area (Å²) in [5.74, 6) is -0.855. The van der Waals surface area contributed by atoms with Crippen LogP contribution in [0.1, 0.15) is 12.0 Å². The third-order valence-corrected chi connectivity index (χ3v) is 4.18. The van der Waals surface area contributed by atoms with Gasteiger partial charge in [0.1, 0.15) is 0 Å². The molecule has 0 bridgehead atoms. The number of aryl methyl sites for hydroxylation is 1. The number of carboxylic acids is 1. The van der Waals surface area contributed by atoms with Crippen LogP contribution in [0.15, 0.2) is 71.7 Å². The number of aromatic nitrogens is 1. The Labute approximate surface area is 154 Å². The van der Waals surface area contributed by atoms with Gasteiger partial charge in [-0.15, -0.1) is 0 Å². The van der Waals surface area contributed by atoms with Gasteiger partial charge in [-0.25, -0.2) is 0 Å². The number of hydrogen-bond donors (Lipinski definition) is 1. The summed E-state index contributed by atoms with van der Waals surface area (Å²) in [6.07, 6.45) is 2.12. The molecule has 0 aliphatic heterocycles. The largest absolute Gasteiger partial charge is 0.481 e. The van der Waals surface area contributed by atoms with E-state index in [1.807, 2.05) is 0 Å². The molecule has 0 unspecified atom stereocenters. The summed E-state index contributed by atoms with van der Waals surface area (Å²) in [5.41, 5.74) is 2.28.